The summed E-state index contributed by atoms with van der Waals surface area (Å²) in [6.07, 6.45) is 2.12. The molecule has 0 aliphatic rings. The maximum Gasteiger partial charge on any atom is 0.253 e. The molecule has 0 fully saturated rings. The van der Waals surface area contributed by atoms with Crippen LogP contribution in [-0.2, 0) is 11.2 Å². The number of para-hydroxylation sites is 1. The Bertz CT molecular complexity index is 1240. The van der Waals surface area contributed by atoms with E-state index in [1.807, 2.05) is 69.0 Å². The van der Waals surface area contributed by atoms with Gasteiger partial charge in [-0.2, -0.15) is 10.1 Å². The van der Waals surface area contributed by atoms with Crippen LogP contribution in [0.25, 0.3) is 11.5 Å². The van der Waals surface area contributed by atoms with Crippen LogP contribution in [0.2, 0.25) is 0 Å². The number of nitrogens with one attached hydrogen (secondary N) is 1. The Kier molecular flexibility index (Phi) is 5.29. The van der Waals surface area contributed by atoms with E-state index >= 15 is 0 Å². The van der Waals surface area contributed by atoms with Crippen LogP contribution in [0.15, 0.2) is 35.5 Å². The van der Waals surface area contributed by atoms with Gasteiger partial charge in [0.1, 0.15) is 0 Å². The SMILES string of the molecule is CSc1nc2nc(C)c(CC(=O)Nc3c(C)nn(-c4ccccc4)c3C)c(C)n2n1. The Morgan fingerprint density at radius 3 is 2.43 bits per heavy atom. The molecule has 3 aromatic heterocycles. The normalized spacial score (nSPS) is 11.2. The van der Waals surface area contributed by atoms with Crippen LogP contribution >= 0.6 is 11.8 Å². The van der Waals surface area contributed by atoms with Crippen molar-refractivity contribution in [2.75, 3.05) is 11.6 Å². The number of thioether (sulfide) groups is 1. The van der Waals surface area contributed by atoms with Crippen LogP contribution in [0.5, 0.6) is 0 Å². The van der Waals surface area contributed by atoms with E-state index in [9.17, 15) is 4.79 Å². The number of nitrogens with zero attached hydrogens (tertiary/aromatic N) is 6. The molecular formula is C21H23N7OS. The molecule has 30 heavy (non-hydrogen) atoms. The van der Waals surface area contributed by atoms with E-state index in [0.29, 0.717) is 10.9 Å². The highest BCUT2D eigenvalue weighted by Gasteiger charge is 2.19. The molecule has 3 heterocycles. The minimum atomic E-state index is -0.119. The number of fused-ring (bicyclic) bond motifs is 1. The van der Waals surface area contributed by atoms with Crippen molar-refractivity contribution in [3.63, 3.8) is 0 Å². The number of benzene rings is 1. The first-order valence-electron chi connectivity index (χ1n) is 9.57. The molecule has 1 amide bonds. The monoisotopic (exact) mass is 421 g/mol. The standard InChI is InChI=1S/C21H23N7OS/c1-12-17(14(3)28-20(22-12)24-21(26-28)30-5)11-18(29)23-19-13(2)25-27(15(19)4)16-9-7-6-8-10-16/h6-10H,11H2,1-5H3,(H,23,29). The highest BCUT2D eigenvalue weighted by molar-refractivity contribution is 7.98. The smallest absolute Gasteiger partial charge is 0.253 e. The Hall–Kier alpha value is -3.20. The molecule has 0 saturated carbocycles. The minimum Gasteiger partial charge on any atom is -0.323 e. The summed E-state index contributed by atoms with van der Waals surface area (Å²) in [5.41, 5.74) is 5.85. The zero-order chi connectivity index (χ0) is 21.4. The minimum absolute atomic E-state index is 0.119. The first kappa shape index (κ1) is 20.1. The van der Waals surface area contributed by atoms with Crippen LogP contribution in [0.4, 0.5) is 5.69 Å². The van der Waals surface area contributed by atoms with Crippen LogP contribution in [0.3, 0.4) is 0 Å². The maximum absolute atomic E-state index is 12.9. The van der Waals surface area contributed by atoms with Crippen molar-refractivity contribution in [3.8, 4) is 5.69 Å². The lowest BCUT2D eigenvalue weighted by Gasteiger charge is -2.11. The van der Waals surface area contributed by atoms with Crippen molar-refractivity contribution in [1.29, 1.82) is 0 Å². The Morgan fingerprint density at radius 1 is 1.00 bits per heavy atom. The summed E-state index contributed by atoms with van der Waals surface area (Å²) in [7, 11) is 0. The van der Waals surface area contributed by atoms with Gasteiger partial charge in [0.2, 0.25) is 11.1 Å². The van der Waals surface area contributed by atoms with E-state index in [1.165, 1.54) is 11.8 Å². The van der Waals surface area contributed by atoms with Crippen LogP contribution in [0.1, 0.15) is 28.3 Å². The number of hydrogen-bond donors (Lipinski definition) is 1. The molecule has 1 N–H and O–H groups in total. The van der Waals surface area contributed by atoms with Gasteiger partial charge in [-0.3, -0.25) is 4.79 Å². The van der Waals surface area contributed by atoms with Gasteiger partial charge >= 0.3 is 0 Å². The first-order chi connectivity index (χ1) is 14.4. The summed E-state index contributed by atoms with van der Waals surface area (Å²) in [4.78, 5) is 21.8. The van der Waals surface area contributed by atoms with Crippen molar-refractivity contribution in [2.24, 2.45) is 0 Å². The molecule has 0 saturated heterocycles. The molecule has 0 aliphatic heterocycles. The van der Waals surface area contributed by atoms with E-state index in [-0.39, 0.29) is 12.3 Å². The number of carbonyl (C=O) groups excluding carboxylic acids is 1. The number of anilines is 1. The van der Waals surface area contributed by atoms with Crippen LogP contribution in [0, 0.1) is 27.7 Å². The van der Waals surface area contributed by atoms with E-state index in [2.05, 4.69) is 25.5 Å². The molecule has 0 spiro atoms. The van der Waals surface area contributed by atoms with Crippen molar-refractivity contribution in [3.05, 3.63) is 58.7 Å². The molecule has 0 atom stereocenters. The fraction of sp³-hybridized carbons (Fsp3) is 0.286. The number of rotatable bonds is 5. The number of amides is 1. The van der Waals surface area contributed by atoms with Crippen molar-refractivity contribution in [1.82, 2.24) is 29.4 Å². The largest absolute Gasteiger partial charge is 0.323 e. The number of aromatic nitrogens is 6. The molecule has 0 aliphatic carbocycles. The third-order valence-electron chi connectivity index (χ3n) is 5.11. The Morgan fingerprint density at radius 2 is 1.73 bits per heavy atom. The molecule has 8 nitrogen and oxygen atoms in total. The second-order valence-corrected chi connectivity index (χ2v) is 7.86. The molecule has 9 heteroatoms. The second kappa shape index (κ2) is 7.91. The van der Waals surface area contributed by atoms with Gasteiger partial charge < -0.3 is 5.32 Å². The Balaban J connectivity index is 1.61. The predicted octanol–water partition coefficient (Wildman–Crippen LogP) is 3.45. The van der Waals surface area contributed by atoms with Gasteiger partial charge in [0, 0.05) is 17.0 Å². The molecule has 0 radical (unpaired) electrons. The molecule has 4 rings (SSSR count). The molecule has 4 aromatic rings. The summed E-state index contributed by atoms with van der Waals surface area (Å²) in [5, 5.41) is 12.7. The van der Waals surface area contributed by atoms with Gasteiger partial charge in [0.15, 0.2) is 0 Å². The van der Waals surface area contributed by atoms with E-state index in [0.717, 1.165) is 39.7 Å². The second-order valence-electron chi connectivity index (χ2n) is 7.09. The van der Waals surface area contributed by atoms with E-state index in [1.54, 1.807) is 4.52 Å². The number of hydrogen-bond acceptors (Lipinski definition) is 6. The summed E-state index contributed by atoms with van der Waals surface area (Å²) < 4.78 is 3.54. The van der Waals surface area contributed by atoms with Crippen LogP contribution < -0.4 is 5.32 Å². The van der Waals surface area contributed by atoms with Gasteiger partial charge in [-0.1, -0.05) is 30.0 Å². The highest BCUT2D eigenvalue weighted by Crippen LogP contribution is 2.24. The molecule has 0 bridgehead atoms. The summed E-state index contributed by atoms with van der Waals surface area (Å²) in [5.74, 6) is 0.431. The maximum atomic E-state index is 12.9. The van der Waals surface area contributed by atoms with Crippen molar-refractivity contribution in [2.45, 2.75) is 39.3 Å². The van der Waals surface area contributed by atoms with Gasteiger partial charge in [0.25, 0.3) is 5.78 Å². The van der Waals surface area contributed by atoms with E-state index in [4.69, 9.17) is 0 Å². The van der Waals surface area contributed by atoms with Crippen molar-refractivity contribution >= 4 is 29.1 Å². The van der Waals surface area contributed by atoms with E-state index < -0.39 is 0 Å². The summed E-state index contributed by atoms with van der Waals surface area (Å²) in [6.45, 7) is 7.68. The topological polar surface area (TPSA) is 90.0 Å². The van der Waals surface area contributed by atoms with Gasteiger partial charge in [-0.25, -0.2) is 14.2 Å². The third-order valence-corrected chi connectivity index (χ3v) is 5.64. The number of aryl methyl sites for hydroxylation is 3. The molecule has 154 valence electrons. The number of carbonyl (C=O) groups is 1. The summed E-state index contributed by atoms with van der Waals surface area (Å²) >= 11 is 1.46. The molecule has 1 aromatic carbocycles. The van der Waals surface area contributed by atoms with Gasteiger partial charge in [0.05, 0.1) is 29.2 Å². The fourth-order valence-electron chi connectivity index (χ4n) is 3.52. The molecular weight excluding hydrogens is 398 g/mol. The quantitative estimate of drug-likeness (QED) is 0.497. The predicted molar refractivity (Wildman–Crippen MR) is 117 cm³/mol. The zero-order valence-corrected chi connectivity index (χ0v) is 18.4. The average Bonchev–Trinajstić information content (AvgIpc) is 3.27. The molecule has 0 unspecified atom stereocenters. The highest BCUT2D eigenvalue weighted by atomic mass is 32.2. The lowest BCUT2D eigenvalue weighted by atomic mass is 10.1. The van der Waals surface area contributed by atoms with Gasteiger partial charge in [-0.15, -0.1) is 5.10 Å². The third kappa shape index (κ3) is 3.56. The summed E-state index contributed by atoms with van der Waals surface area (Å²) in [6, 6.07) is 9.86. The first-order valence-corrected chi connectivity index (χ1v) is 10.8. The lowest BCUT2D eigenvalue weighted by molar-refractivity contribution is -0.115. The lowest BCUT2D eigenvalue weighted by Crippen LogP contribution is -2.18. The fourth-order valence-corrected chi connectivity index (χ4v) is 3.86. The van der Waals surface area contributed by atoms with Crippen LogP contribution in [-0.4, -0.2) is 41.5 Å². The van der Waals surface area contributed by atoms with Gasteiger partial charge in [-0.05, 0) is 46.1 Å². The Labute approximate surface area is 178 Å². The zero-order valence-electron chi connectivity index (χ0n) is 17.6. The average molecular weight is 422 g/mol. The van der Waals surface area contributed by atoms with Crippen molar-refractivity contribution < 1.29 is 4.79 Å².